The number of halogens is 3. The Morgan fingerprint density at radius 1 is 1.14 bits per heavy atom. The molecule has 0 radical (unpaired) electrons. The molecule has 2 aromatic rings. The molecule has 190 valence electrons. The van der Waals surface area contributed by atoms with Gasteiger partial charge in [-0.2, -0.15) is 13.2 Å². The van der Waals surface area contributed by atoms with Gasteiger partial charge in [0, 0.05) is 37.4 Å². The van der Waals surface area contributed by atoms with Gasteiger partial charge in [-0.1, -0.05) is 36.4 Å². The highest BCUT2D eigenvalue weighted by molar-refractivity contribution is 6.05. The number of alkyl halides is 3. The standard InChI is InChI=1S/C25H25F3N4O4/c1-30-12-13-31(21(14-30)17-6-3-2-4-7-17)22(34)15-32(24(35)25(26,27)28)20-9-5-8-19-18(20)10-11-29-23(19)36-16-33/h2-9,16,21H,10-15H2,1H3. The minimum absolute atomic E-state index is 0.0398. The van der Waals surface area contributed by atoms with Gasteiger partial charge >= 0.3 is 12.1 Å². The summed E-state index contributed by atoms with van der Waals surface area (Å²) in [6.07, 6.45) is -4.98. The fourth-order valence-corrected chi connectivity index (χ4v) is 4.62. The summed E-state index contributed by atoms with van der Waals surface area (Å²) in [6, 6.07) is 13.2. The maximum atomic E-state index is 13.7. The van der Waals surface area contributed by atoms with Crippen LogP contribution in [0, 0.1) is 0 Å². The number of aliphatic imine (C=N–C) groups is 1. The smallest absolute Gasteiger partial charge is 0.409 e. The second kappa shape index (κ2) is 10.5. The predicted molar refractivity (Wildman–Crippen MR) is 126 cm³/mol. The van der Waals surface area contributed by atoms with E-state index >= 15 is 0 Å². The Labute approximate surface area is 205 Å². The molecule has 0 N–H and O–H groups in total. The van der Waals surface area contributed by atoms with Crippen LogP contribution >= 0.6 is 0 Å². The average molecular weight is 502 g/mol. The zero-order chi connectivity index (χ0) is 25.9. The van der Waals surface area contributed by atoms with E-state index in [1.54, 1.807) is 6.07 Å². The molecule has 1 unspecified atom stereocenters. The molecule has 0 spiro atoms. The minimum Gasteiger partial charge on any atom is -0.409 e. The van der Waals surface area contributed by atoms with Crippen molar-refractivity contribution in [1.82, 2.24) is 9.80 Å². The summed E-state index contributed by atoms with van der Waals surface area (Å²) in [7, 11) is 1.91. The third-order valence-corrected chi connectivity index (χ3v) is 6.32. The highest BCUT2D eigenvalue weighted by Gasteiger charge is 2.45. The maximum absolute atomic E-state index is 13.7. The molecule has 1 atom stereocenters. The fourth-order valence-electron chi connectivity index (χ4n) is 4.62. The molecular weight excluding hydrogens is 477 g/mol. The topological polar surface area (TPSA) is 82.5 Å². The first-order valence-corrected chi connectivity index (χ1v) is 11.4. The van der Waals surface area contributed by atoms with Crippen LogP contribution in [-0.2, 0) is 25.5 Å². The molecule has 2 aromatic carbocycles. The van der Waals surface area contributed by atoms with Crippen molar-refractivity contribution in [1.29, 1.82) is 0 Å². The van der Waals surface area contributed by atoms with Crippen LogP contribution in [0.5, 0.6) is 0 Å². The molecule has 0 bridgehead atoms. The molecule has 8 nitrogen and oxygen atoms in total. The van der Waals surface area contributed by atoms with Crippen LogP contribution in [0.25, 0.3) is 0 Å². The van der Waals surface area contributed by atoms with E-state index in [4.69, 9.17) is 4.74 Å². The summed E-state index contributed by atoms with van der Waals surface area (Å²) in [6.45, 7) is 0.907. The van der Waals surface area contributed by atoms with Gasteiger partial charge in [0.25, 0.3) is 6.47 Å². The number of carbonyl (C=O) groups is 3. The SMILES string of the molecule is CN1CCN(C(=O)CN(C(=O)C(F)(F)F)c2cccc3c2CCN=C3OC=O)C(c2ccccc2)C1. The molecule has 0 aliphatic carbocycles. The first-order valence-electron chi connectivity index (χ1n) is 11.4. The monoisotopic (exact) mass is 502 g/mol. The highest BCUT2D eigenvalue weighted by atomic mass is 19.4. The van der Waals surface area contributed by atoms with Crippen LogP contribution in [0.3, 0.4) is 0 Å². The van der Waals surface area contributed by atoms with E-state index in [1.165, 1.54) is 17.0 Å². The third-order valence-electron chi connectivity index (χ3n) is 6.32. The maximum Gasteiger partial charge on any atom is 0.471 e. The molecule has 2 aliphatic heterocycles. The van der Waals surface area contributed by atoms with Crippen LogP contribution in [0.1, 0.15) is 22.7 Å². The molecule has 4 rings (SSSR count). The van der Waals surface area contributed by atoms with Gasteiger partial charge in [-0.15, -0.1) is 0 Å². The largest absolute Gasteiger partial charge is 0.471 e. The number of piperazine rings is 1. The van der Waals surface area contributed by atoms with E-state index in [9.17, 15) is 27.6 Å². The number of rotatable bonds is 5. The number of nitrogens with zero attached hydrogens (tertiary/aromatic N) is 4. The number of fused-ring (bicyclic) bond motifs is 1. The number of carbonyl (C=O) groups excluding carboxylic acids is 3. The lowest BCUT2D eigenvalue weighted by Crippen LogP contribution is -2.54. The second-order valence-electron chi connectivity index (χ2n) is 8.62. The highest BCUT2D eigenvalue weighted by Crippen LogP contribution is 2.32. The Hall–Kier alpha value is -3.73. The lowest BCUT2D eigenvalue weighted by atomic mass is 9.98. The number of amides is 2. The van der Waals surface area contributed by atoms with E-state index in [1.807, 2.05) is 42.3 Å². The summed E-state index contributed by atoms with van der Waals surface area (Å²) in [5, 5.41) is 0. The molecule has 11 heteroatoms. The van der Waals surface area contributed by atoms with Gasteiger partial charge in [0.2, 0.25) is 11.8 Å². The molecule has 2 amide bonds. The Kier molecular flexibility index (Phi) is 7.39. The van der Waals surface area contributed by atoms with Crippen molar-refractivity contribution in [3.05, 3.63) is 65.2 Å². The second-order valence-corrected chi connectivity index (χ2v) is 8.62. The summed E-state index contributed by atoms with van der Waals surface area (Å²) in [5.41, 5.74) is 1.46. The first kappa shape index (κ1) is 25.4. The Bertz CT molecular complexity index is 1170. The average Bonchev–Trinajstić information content (AvgIpc) is 2.87. The molecule has 2 aliphatic rings. The number of benzene rings is 2. The van der Waals surface area contributed by atoms with E-state index in [-0.39, 0.29) is 37.1 Å². The van der Waals surface area contributed by atoms with Crippen LogP contribution in [-0.4, -0.2) is 79.9 Å². The number of anilines is 1. The fraction of sp³-hybridized carbons (Fsp3) is 0.360. The normalized spacial score (nSPS) is 18.2. The summed E-state index contributed by atoms with van der Waals surface area (Å²) >= 11 is 0. The van der Waals surface area contributed by atoms with Crippen molar-refractivity contribution < 1.29 is 32.3 Å². The van der Waals surface area contributed by atoms with E-state index in [0.29, 0.717) is 35.7 Å². The van der Waals surface area contributed by atoms with E-state index in [2.05, 4.69) is 4.99 Å². The Morgan fingerprint density at radius 3 is 2.58 bits per heavy atom. The van der Waals surface area contributed by atoms with Crippen molar-refractivity contribution in [2.24, 2.45) is 4.99 Å². The molecule has 2 heterocycles. The zero-order valence-electron chi connectivity index (χ0n) is 19.6. The summed E-state index contributed by atoms with van der Waals surface area (Å²) in [4.78, 5) is 45.1. The first-order chi connectivity index (χ1) is 17.2. The molecule has 1 fully saturated rings. The molecule has 0 aromatic heterocycles. The predicted octanol–water partition coefficient (Wildman–Crippen LogP) is 2.57. The van der Waals surface area contributed by atoms with Gasteiger partial charge in [0.05, 0.1) is 6.04 Å². The molecular formula is C25H25F3N4O4. The minimum atomic E-state index is -5.20. The van der Waals surface area contributed by atoms with Crippen LogP contribution < -0.4 is 4.90 Å². The number of hydrogen-bond acceptors (Lipinski definition) is 6. The van der Waals surface area contributed by atoms with Gasteiger partial charge in [0.15, 0.2) is 0 Å². The van der Waals surface area contributed by atoms with Gasteiger partial charge in [0.1, 0.15) is 6.54 Å². The lowest BCUT2D eigenvalue weighted by molar-refractivity contribution is -0.170. The van der Waals surface area contributed by atoms with Crippen LogP contribution in [0.2, 0.25) is 0 Å². The molecule has 0 saturated carbocycles. The Morgan fingerprint density at radius 2 is 1.89 bits per heavy atom. The van der Waals surface area contributed by atoms with Crippen LogP contribution in [0.4, 0.5) is 18.9 Å². The van der Waals surface area contributed by atoms with Crippen LogP contribution in [0.15, 0.2) is 53.5 Å². The molecule has 1 saturated heterocycles. The summed E-state index contributed by atoms with van der Waals surface area (Å²) < 4.78 is 45.9. The number of ether oxygens (including phenoxy) is 1. The van der Waals surface area contributed by atoms with Gasteiger partial charge < -0.3 is 14.5 Å². The summed E-state index contributed by atoms with van der Waals surface area (Å²) in [5.74, 6) is -2.78. The van der Waals surface area contributed by atoms with Crippen molar-refractivity contribution in [2.75, 3.05) is 44.7 Å². The third kappa shape index (κ3) is 5.25. The van der Waals surface area contributed by atoms with Gasteiger partial charge in [-0.3, -0.25) is 24.3 Å². The van der Waals surface area contributed by atoms with Crippen molar-refractivity contribution in [2.45, 2.75) is 18.6 Å². The van der Waals surface area contributed by atoms with E-state index in [0.717, 1.165) is 5.56 Å². The van der Waals surface area contributed by atoms with Crippen molar-refractivity contribution in [3.63, 3.8) is 0 Å². The van der Waals surface area contributed by atoms with E-state index < -0.39 is 24.5 Å². The quantitative estimate of drug-likeness (QED) is 0.587. The zero-order valence-corrected chi connectivity index (χ0v) is 19.6. The number of hydrogen-bond donors (Lipinski definition) is 0. The van der Waals surface area contributed by atoms with Crippen molar-refractivity contribution in [3.8, 4) is 0 Å². The Balaban J connectivity index is 1.70. The number of likely N-dealkylation sites (N-methyl/N-ethyl adjacent to an activating group) is 1. The van der Waals surface area contributed by atoms with Gasteiger partial charge in [-0.05, 0) is 36.7 Å². The van der Waals surface area contributed by atoms with Crippen molar-refractivity contribution >= 4 is 29.9 Å². The molecule has 36 heavy (non-hydrogen) atoms. The lowest BCUT2D eigenvalue weighted by Gasteiger charge is -2.41. The van der Waals surface area contributed by atoms with Gasteiger partial charge in [-0.25, -0.2) is 0 Å².